The summed E-state index contributed by atoms with van der Waals surface area (Å²) < 4.78 is 0. The summed E-state index contributed by atoms with van der Waals surface area (Å²) in [6.45, 7) is 4.02. The minimum Gasteiger partial charge on any atom is -0.348 e. The SMILES string of the molecule is CC(c1ccccc1Cl)N1CCC[C@H](NC(=O)c2cccnc2)C1. The van der Waals surface area contributed by atoms with Gasteiger partial charge in [0.25, 0.3) is 5.91 Å². The molecule has 1 aliphatic heterocycles. The van der Waals surface area contributed by atoms with Crippen LogP contribution in [0.25, 0.3) is 0 Å². The van der Waals surface area contributed by atoms with E-state index in [1.165, 1.54) is 0 Å². The van der Waals surface area contributed by atoms with Gasteiger partial charge in [-0.05, 0) is 50.1 Å². The number of nitrogens with zero attached hydrogens (tertiary/aromatic N) is 2. The minimum atomic E-state index is -0.0552. The normalized spacial score (nSPS) is 19.7. The summed E-state index contributed by atoms with van der Waals surface area (Å²) in [7, 11) is 0. The second kappa shape index (κ2) is 7.77. The first-order valence-corrected chi connectivity index (χ1v) is 8.72. The van der Waals surface area contributed by atoms with Gasteiger partial charge in [0.05, 0.1) is 5.56 Å². The Labute approximate surface area is 147 Å². The molecule has 1 unspecified atom stereocenters. The van der Waals surface area contributed by atoms with E-state index >= 15 is 0 Å². The van der Waals surface area contributed by atoms with Gasteiger partial charge in [0.2, 0.25) is 0 Å². The Morgan fingerprint density at radius 2 is 2.17 bits per heavy atom. The van der Waals surface area contributed by atoms with Crippen molar-refractivity contribution in [1.29, 1.82) is 0 Å². The van der Waals surface area contributed by atoms with Crippen molar-refractivity contribution in [3.63, 3.8) is 0 Å². The Bertz CT molecular complexity index is 692. The molecule has 1 amide bonds. The van der Waals surface area contributed by atoms with Crippen molar-refractivity contribution < 1.29 is 4.79 Å². The average Bonchev–Trinajstić information content (AvgIpc) is 2.62. The maximum absolute atomic E-state index is 12.3. The van der Waals surface area contributed by atoms with E-state index < -0.39 is 0 Å². The van der Waals surface area contributed by atoms with Crippen LogP contribution in [0.2, 0.25) is 5.02 Å². The van der Waals surface area contributed by atoms with Crippen molar-refractivity contribution in [3.05, 3.63) is 64.9 Å². The monoisotopic (exact) mass is 343 g/mol. The van der Waals surface area contributed by atoms with Gasteiger partial charge < -0.3 is 5.32 Å². The highest BCUT2D eigenvalue weighted by Gasteiger charge is 2.26. The molecule has 0 radical (unpaired) electrons. The molecule has 0 bridgehead atoms. The van der Waals surface area contributed by atoms with Crippen LogP contribution in [0.1, 0.15) is 41.7 Å². The molecule has 2 heterocycles. The molecule has 1 saturated heterocycles. The average molecular weight is 344 g/mol. The molecule has 0 aliphatic carbocycles. The number of aromatic nitrogens is 1. The van der Waals surface area contributed by atoms with Gasteiger partial charge in [-0.3, -0.25) is 14.7 Å². The van der Waals surface area contributed by atoms with Gasteiger partial charge in [-0.25, -0.2) is 0 Å². The maximum Gasteiger partial charge on any atom is 0.253 e. The molecule has 2 atom stereocenters. The van der Waals surface area contributed by atoms with Gasteiger partial charge in [0.15, 0.2) is 0 Å². The number of halogens is 1. The zero-order valence-corrected chi connectivity index (χ0v) is 14.5. The molecule has 3 rings (SSSR count). The van der Waals surface area contributed by atoms with Crippen LogP contribution < -0.4 is 5.32 Å². The smallest absolute Gasteiger partial charge is 0.253 e. The van der Waals surface area contributed by atoms with Gasteiger partial charge >= 0.3 is 0 Å². The Kier molecular flexibility index (Phi) is 5.48. The highest BCUT2D eigenvalue weighted by molar-refractivity contribution is 6.31. The third-order valence-electron chi connectivity index (χ3n) is 4.61. The fourth-order valence-corrected chi connectivity index (χ4v) is 3.55. The molecule has 5 heteroatoms. The number of rotatable bonds is 4. The first-order valence-electron chi connectivity index (χ1n) is 8.34. The van der Waals surface area contributed by atoms with E-state index in [0.29, 0.717) is 5.56 Å². The van der Waals surface area contributed by atoms with Crippen LogP contribution in [0, 0.1) is 0 Å². The molecule has 1 aromatic carbocycles. The summed E-state index contributed by atoms with van der Waals surface area (Å²) in [5.41, 5.74) is 1.74. The molecule has 2 aromatic rings. The van der Waals surface area contributed by atoms with E-state index in [1.807, 2.05) is 18.2 Å². The number of carbonyl (C=O) groups is 1. The predicted octanol–water partition coefficient (Wildman–Crippen LogP) is 3.69. The van der Waals surface area contributed by atoms with Crippen LogP contribution in [-0.4, -0.2) is 34.9 Å². The van der Waals surface area contributed by atoms with Gasteiger partial charge in [-0.2, -0.15) is 0 Å². The number of piperidine rings is 1. The molecule has 1 fully saturated rings. The molecule has 1 aromatic heterocycles. The van der Waals surface area contributed by atoms with E-state index in [4.69, 9.17) is 11.6 Å². The molecule has 1 aliphatic rings. The van der Waals surface area contributed by atoms with Crippen LogP contribution in [-0.2, 0) is 0 Å². The summed E-state index contributed by atoms with van der Waals surface area (Å²) in [4.78, 5) is 18.7. The molecule has 126 valence electrons. The standard InChI is InChI=1S/C19H22ClN3O/c1-14(17-8-2-3-9-18(17)20)23-11-5-7-16(13-23)22-19(24)15-6-4-10-21-12-15/h2-4,6,8-10,12,14,16H,5,7,11,13H2,1H3,(H,22,24)/t14?,16-/m0/s1. The Hall–Kier alpha value is -1.91. The molecule has 24 heavy (non-hydrogen) atoms. The van der Waals surface area contributed by atoms with Crippen LogP contribution in [0.5, 0.6) is 0 Å². The molecule has 4 nitrogen and oxygen atoms in total. The number of amides is 1. The second-order valence-corrected chi connectivity index (χ2v) is 6.65. The summed E-state index contributed by atoms with van der Waals surface area (Å²) in [6, 6.07) is 11.9. The zero-order valence-electron chi connectivity index (χ0n) is 13.8. The third kappa shape index (κ3) is 3.94. The maximum atomic E-state index is 12.3. The summed E-state index contributed by atoms with van der Waals surface area (Å²) in [5.74, 6) is -0.0552. The second-order valence-electron chi connectivity index (χ2n) is 6.25. The van der Waals surface area contributed by atoms with Crippen molar-refractivity contribution >= 4 is 17.5 Å². The van der Waals surface area contributed by atoms with Gasteiger partial charge in [0, 0.05) is 36.0 Å². The number of benzene rings is 1. The van der Waals surface area contributed by atoms with Crippen molar-refractivity contribution in [2.24, 2.45) is 0 Å². The first-order chi connectivity index (χ1) is 11.6. The first kappa shape index (κ1) is 16.9. The van der Waals surface area contributed by atoms with Gasteiger partial charge in [0.1, 0.15) is 0 Å². The number of likely N-dealkylation sites (tertiary alicyclic amines) is 1. The lowest BCUT2D eigenvalue weighted by atomic mass is 10.00. The van der Waals surface area contributed by atoms with Crippen LogP contribution in [0.3, 0.4) is 0 Å². The zero-order chi connectivity index (χ0) is 16.9. The van der Waals surface area contributed by atoms with Gasteiger partial charge in [-0.1, -0.05) is 29.8 Å². The Morgan fingerprint density at radius 3 is 2.92 bits per heavy atom. The molecule has 1 N–H and O–H groups in total. The number of carbonyl (C=O) groups excluding carboxylic acids is 1. The van der Waals surface area contributed by atoms with Crippen LogP contribution in [0.15, 0.2) is 48.8 Å². The lowest BCUT2D eigenvalue weighted by Crippen LogP contribution is -2.48. The quantitative estimate of drug-likeness (QED) is 0.920. The number of hydrogen-bond donors (Lipinski definition) is 1. The Balaban J connectivity index is 1.64. The largest absolute Gasteiger partial charge is 0.348 e. The molecule has 0 saturated carbocycles. The van der Waals surface area contributed by atoms with Crippen LogP contribution in [0.4, 0.5) is 0 Å². The van der Waals surface area contributed by atoms with E-state index in [2.05, 4.69) is 28.2 Å². The number of pyridine rings is 1. The highest BCUT2D eigenvalue weighted by atomic mass is 35.5. The van der Waals surface area contributed by atoms with Crippen molar-refractivity contribution in [1.82, 2.24) is 15.2 Å². The highest BCUT2D eigenvalue weighted by Crippen LogP contribution is 2.29. The molecular weight excluding hydrogens is 322 g/mol. The predicted molar refractivity (Wildman–Crippen MR) is 96.2 cm³/mol. The van der Waals surface area contributed by atoms with E-state index in [1.54, 1.807) is 24.5 Å². The topological polar surface area (TPSA) is 45.2 Å². The van der Waals surface area contributed by atoms with E-state index in [9.17, 15) is 4.79 Å². The molecular formula is C19H22ClN3O. The summed E-state index contributed by atoms with van der Waals surface area (Å²) in [5, 5.41) is 3.93. The Morgan fingerprint density at radius 1 is 1.33 bits per heavy atom. The summed E-state index contributed by atoms with van der Waals surface area (Å²) in [6.07, 6.45) is 5.33. The van der Waals surface area contributed by atoms with Crippen molar-refractivity contribution in [3.8, 4) is 0 Å². The lowest BCUT2D eigenvalue weighted by molar-refractivity contribution is 0.0880. The lowest BCUT2D eigenvalue weighted by Gasteiger charge is -2.37. The minimum absolute atomic E-state index is 0.0552. The van der Waals surface area contributed by atoms with Crippen molar-refractivity contribution in [2.75, 3.05) is 13.1 Å². The third-order valence-corrected chi connectivity index (χ3v) is 4.96. The molecule has 0 spiro atoms. The van der Waals surface area contributed by atoms with E-state index in [0.717, 1.165) is 36.5 Å². The number of hydrogen-bond acceptors (Lipinski definition) is 3. The fourth-order valence-electron chi connectivity index (χ4n) is 3.25. The van der Waals surface area contributed by atoms with Crippen LogP contribution >= 0.6 is 11.6 Å². The number of nitrogens with one attached hydrogen (secondary N) is 1. The van der Waals surface area contributed by atoms with E-state index in [-0.39, 0.29) is 18.0 Å². The van der Waals surface area contributed by atoms with Gasteiger partial charge in [-0.15, -0.1) is 0 Å². The van der Waals surface area contributed by atoms with Crippen molar-refractivity contribution in [2.45, 2.75) is 31.8 Å². The fraction of sp³-hybridized carbons (Fsp3) is 0.368. The summed E-state index contributed by atoms with van der Waals surface area (Å²) >= 11 is 6.34.